The van der Waals surface area contributed by atoms with Crippen LogP contribution < -0.4 is 10.1 Å². The first-order valence-corrected chi connectivity index (χ1v) is 13.9. The normalized spacial score (nSPS) is 12.2. The first-order chi connectivity index (χ1) is 21.0. The Bertz CT molecular complexity index is 1850. The number of fused-ring (bicyclic) bond motifs is 1. The number of carbonyl (C=O) groups is 2. The zero-order valence-electron chi connectivity index (χ0n) is 24.3. The number of methoxy groups -OCH3 is 1. The van der Waals surface area contributed by atoms with Gasteiger partial charge >= 0.3 is 12.1 Å². The van der Waals surface area contributed by atoms with Gasteiger partial charge in [-0.05, 0) is 72.6 Å². The number of carboxylic acids is 1. The molecule has 1 aromatic heterocycles. The Morgan fingerprint density at radius 2 is 1.66 bits per heavy atom. The number of nitrogens with one attached hydrogen (secondary N) is 1. The molecule has 1 amide bonds. The summed E-state index contributed by atoms with van der Waals surface area (Å²) in [6.07, 6.45) is -4.68. The lowest BCUT2D eigenvalue weighted by atomic mass is 9.98. The number of aromatic nitrogens is 2. The number of alkyl halides is 3. The predicted octanol–water partition coefficient (Wildman–Crippen LogP) is 7.52. The van der Waals surface area contributed by atoms with Crippen LogP contribution in [0, 0.1) is 6.92 Å². The molecule has 0 fully saturated rings. The van der Waals surface area contributed by atoms with E-state index < -0.39 is 17.7 Å². The molecule has 0 saturated carbocycles. The van der Waals surface area contributed by atoms with Crippen LogP contribution in [-0.2, 0) is 11.0 Å². The van der Waals surface area contributed by atoms with E-state index in [2.05, 4.69) is 5.32 Å². The Labute approximate surface area is 251 Å². The number of hydrogen-bond acceptors (Lipinski definition) is 4. The highest BCUT2D eigenvalue weighted by Gasteiger charge is 2.31. The molecule has 0 spiro atoms. The Morgan fingerprint density at radius 1 is 0.955 bits per heavy atom. The molecule has 44 heavy (non-hydrogen) atoms. The molecule has 0 saturated heterocycles. The van der Waals surface area contributed by atoms with Crippen molar-refractivity contribution in [3.05, 3.63) is 107 Å². The van der Waals surface area contributed by atoms with Gasteiger partial charge in [-0.25, -0.2) is 0 Å². The summed E-state index contributed by atoms with van der Waals surface area (Å²) in [7, 11) is 1.60. The topological polar surface area (TPSA) is 93.5 Å². The summed E-state index contributed by atoms with van der Waals surface area (Å²) in [5.41, 5.74) is 3.53. The van der Waals surface area contributed by atoms with Crippen LogP contribution >= 0.6 is 0 Å². The summed E-state index contributed by atoms with van der Waals surface area (Å²) in [5.74, 6) is -0.665. The van der Waals surface area contributed by atoms with Crippen molar-refractivity contribution in [3.8, 4) is 28.3 Å². The second kappa shape index (κ2) is 12.2. The highest BCUT2D eigenvalue weighted by atomic mass is 19.4. The molecular formula is C34H30F3N3O4. The molecule has 2 N–H and O–H groups in total. The van der Waals surface area contributed by atoms with E-state index >= 15 is 0 Å². The highest BCUT2D eigenvalue weighted by Crippen LogP contribution is 2.38. The van der Waals surface area contributed by atoms with Crippen LogP contribution in [0.5, 0.6) is 5.75 Å². The minimum absolute atomic E-state index is 0.0130. The molecule has 5 rings (SSSR count). The fourth-order valence-corrected chi connectivity index (χ4v) is 5.20. The predicted molar refractivity (Wildman–Crippen MR) is 162 cm³/mol. The number of carboxylic acid groups (broad SMARTS) is 1. The number of ether oxygens (including phenoxy) is 1. The van der Waals surface area contributed by atoms with Crippen molar-refractivity contribution in [2.45, 2.75) is 32.5 Å². The van der Waals surface area contributed by atoms with E-state index in [9.17, 15) is 22.8 Å². The maximum atomic E-state index is 13.6. The average molecular weight is 602 g/mol. The van der Waals surface area contributed by atoms with Gasteiger partial charge in [0.2, 0.25) is 0 Å². The van der Waals surface area contributed by atoms with Crippen molar-refractivity contribution in [2.24, 2.45) is 0 Å². The fourth-order valence-electron chi connectivity index (χ4n) is 5.20. The fraction of sp³-hybridized carbons (Fsp3) is 0.206. The van der Waals surface area contributed by atoms with E-state index in [1.807, 2.05) is 50.2 Å². The molecule has 1 heterocycles. The van der Waals surface area contributed by atoms with Crippen molar-refractivity contribution in [1.29, 1.82) is 0 Å². The molecule has 4 aromatic carbocycles. The third-order valence-corrected chi connectivity index (χ3v) is 7.58. The SMILES string of the molecule is COc1ccc2cc(-c3c(C)c(-c4cccc(C(F)(F)F)c4)nn3C(C)c3ccc(C(=O)NCCC(=O)O)cc3)ccc2c1. The second-order valence-corrected chi connectivity index (χ2v) is 10.5. The van der Waals surface area contributed by atoms with Crippen LogP contribution in [0.25, 0.3) is 33.3 Å². The second-order valence-electron chi connectivity index (χ2n) is 10.5. The van der Waals surface area contributed by atoms with Crippen molar-refractivity contribution in [2.75, 3.05) is 13.7 Å². The molecule has 0 aliphatic carbocycles. The average Bonchev–Trinajstić information content (AvgIpc) is 3.36. The molecule has 0 aliphatic rings. The molecule has 0 radical (unpaired) electrons. The first kappa shape index (κ1) is 30.3. The van der Waals surface area contributed by atoms with Crippen LogP contribution in [0.1, 0.15) is 46.4 Å². The van der Waals surface area contributed by atoms with E-state index in [1.54, 1.807) is 42.1 Å². The number of amides is 1. The van der Waals surface area contributed by atoms with Gasteiger partial charge in [0.05, 0.1) is 36.5 Å². The van der Waals surface area contributed by atoms with E-state index in [4.69, 9.17) is 14.9 Å². The van der Waals surface area contributed by atoms with Crippen LogP contribution in [0.4, 0.5) is 13.2 Å². The number of halogens is 3. The lowest BCUT2D eigenvalue weighted by molar-refractivity contribution is -0.138. The number of aliphatic carboxylic acids is 1. The lowest BCUT2D eigenvalue weighted by Crippen LogP contribution is -2.26. The number of hydrogen-bond donors (Lipinski definition) is 2. The Hall–Kier alpha value is -5.12. The molecule has 1 unspecified atom stereocenters. The quantitative estimate of drug-likeness (QED) is 0.182. The molecular weight excluding hydrogens is 571 g/mol. The number of benzene rings is 4. The molecule has 0 aliphatic heterocycles. The van der Waals surface area contributed by atoms with Gasteiger partial charge < -0.3 is 15.2 Å². The zero-order chi connectivity index (χ0) is 31.6. The van der Waals surface area contributed by atoms with Crippen LogP contribution in [-0.4, -0.2) is 40.4 Å². The van der Waals surface area contributed by atoms with Gasteiger partial charge in [0, 0.05) is 28.8 Å². The molecule has 0 bridgehead atoms. The highest BCUT2D eigenvalue weighted by molar-refractivity contribution is 5.94. The van der Waals surface area contributed by atoms with Crippen molar-refractivity contribution < 1.29 is 32.6 Å². The summed E-state index contributed by atoms with van der Waals surface area (Å²) >= 11 is 0. The molecule has 5 aromatic rings. The molecule has 226 valence electrons. The summed E-state index contributed by atoms with van der Waals surface area (Å²) in [6.45, 7) is 3.79. The van der Waals surface area contributed by atoms with Gasteiger partial charge in [0.15, 0.2) is 0 Å². The molecule has 7 nitrogen and oxygen atoms in total. The smallest absolute Gasteiger partial charge is 0.416 e. The monoisotopic (exact) mass is 601 g/mol. The van der Waals surface area contributed by atoms with E-state index in [-0.39, 0.29) is 24.9 Å². The minimum atomic E-state index is -4.50. The van der Waals surface area contributed by atoms with Crippen molar-refractivity contribution >= 4 is 22.6 Å². The Balaban J connectivity index is 1.58. The maximum absolute atomic E-state index is 13.6. The largest absolute Gasteiger partial charge is 0.497 e. The van der Waals surface area contributed by atoms with Crippen LogP contribution in [0.15, 0.2) is 84.9 Å². The van der Waals surface area contributed by atoms with Gasteiger partial charge in [0.25, 0.3) is 5.91 Å². The third kappa shape index (κ3) is 6.29. The van der Waals surface area contributed by atoms with Crippen molar-refractivity contribution in [1.82, 2.24) is 15.1 Å². The maximum Gasteiger partial charge on any atom is 0.416 e. The Kier molecular flexibility index (Phi) is 8.44. The zero-order valence-corrected chi connectivity index (χ0v) is 24.3. The minimum Gasteiger partial charge on any atom is -0.497 e. The summed E-state index contributed by atoms with van der Waals surface area (Å²) in [4.78, 5) is 23.2. The van der Waals surface area contributed by atoms with Gasteiger partial charge in [-0.15, -0.1) is 0 Å². The first-order valence-electron chi connectivity index (χ1n) is 13.9. The number of nitrogens with zero attached hydrogens (tertiary/aromatic N) is 2. The Morgan fingerprint density at radius 3 is 2.34 bits per heavy atom. The van der Waals surface area contributed by atoms with Gasteiger partial charge in [-0.2, -0.15) is 18.3 Å². The standard InChI is InChI=1S/C34H30F3N3O4/c1-20-31(26-5-4-6-28(18-26)34(35,36)37)39-40(32(20)27-12-11-25-19-29(44-3)14-13-24(25)17-27)21(2)22-7-9-23(10-8-22)33(43)38-16-15-30(41)42/h4-14,17-19,21H,15-16H2,1-3H3,(H,38,43)(H,41,42). The third-order valence-electron chi connectivity index (χ3n) is 7.58. The van der Waals surface area contributed by atoms with Crippen LogP contribution in [0.3, 0.4) is 0 Å². The number of rotatable bonds is 9. The number of carbonyl (C=O) groups excluding carboxylic acids is 1. The molecule has 1 atom stereocenters. The van der Waals surface area contributed by atoms with E-state index in [1.165, 1.54) is 6.07 Å². The summed E-state index contributed by atoms with van der Waals surface area (Å²) in [5, 5.41) is 18.2. The van der Waals surface area contributed by atoms with Crippen molar-refractivity contribution in [3.63, 3.8) is 0 Å². The molecule has 10 heteroatoms. The van der Waals surface area contributed by atoms with Gasteiger partial charge in [-0.3, -0.25) is 14.3 Å². The lowest BCUT2D eigenvalue weighted by Gasteiger charge is -2.18. The van der Waals surface area contributed by atoms with Crippen LogP contribution in [0.2, 0.25) is 0 Å². The van der Waals surface area contributed by atoms with Gasteiger partial charge in [-0.1, -0.05) is 42.5 Å². The van der Waals surface area contributed by atoms with E-state index in [0.717, 1.165) is 51.0 Å². The summed E-state index contributed by atoms with van der Waals surface area (Å²) in [6, 6.07) is 23.3. The summed E-state index contributed by atoms with van der Waals surface area (Å²) < 4.78 is 47.9. The van der Waals surface area contributed by atoms with E-state index in [0.29, 0.717) is 16.8 Å². The van der Waals surface area contributed by atoms with Gasteiger partial charge in [0.1, 0.15) is 5.75 Å².